The molecule has 0 aliphatic carbocycles. The van der Waals surface area contributed by atoms with E-state index in [-0.39, 0.29) is 5.78 Å². The van der Waals surface area contributed by atoms with Crippen molar-refractivity contribution < 1.29 is 4.79 Å². The van der Waals surface area contributed by atoms with Crippen LogP contribution < -0.4 is 4.90 Å². The number of benzene rings is 1. The highest BCUT2D eigenvalue weighted by atomic mass is 35.5. The van der Waals surface area contributed by atoms with Crippen LogP contribution in [0.1, 0.15) is 12.8 Å². The number of ketones is 1. The lowest BCUT2D eigenvalue weighted by molar-refractivity contribution is -0.118. The van der Waals surface area contributed by atoms with Gasteiger partial charge in [-0.3, -0.25) is 9.89 Å². The van der Waals surface area contributed by atoms with Crippen molar-refractivity contribution in [1.29, 1.82) is 0 Å². The number of aromatic amines is 1. The van der Waals surface area contributed by atoms with Crippen LogP contribution in [0.15, 0.2) is 18.3 Å². The standard InChI is InChI=1S/C12H12ClN3O/c13-8-4-11-10(6-14-15-11)12(5-8)16-3-1-2-9(17)7-16/h4-6H,1-3,7H2,(H,14,15). The van der Waals surface area contributed by atoms with Gasteiger partial charge in [-0.15, -0.1) is 0 Å². The molecule has 5 heteroatoms. The number of carbonyl (C=O) groups excluding carboxylic acids is 1. The van der Waals surface area contributed by atoms with Gasteiger partial charge < -0.3 is 4.90 Å². The fraction of sp³-hybridized carbons (Fsp3) is 0.333. The molecule has 0 unspecified atom stereocenters. The summed E-state index contributed by atoms with van der Waals surface area (Å²) in [6.45, 7) is 1.37. The summed E-state index contributed by atoms with van der Waals surface area (Å²) in [7, 11) is 0. The van der Waals surface area contributed by atoms with Crippen molar-refractivity contribution in [1.82, 2.24) is 10.2 Å². The van der Waals surface area contributed by atoms with Gasteiger partial charge in [-0.2, -0.15) is 5.10 Å². The molecule has 1 aliphatic rings. The first-order chi connectivity index (χ1) is 8.24. The molecule has 0 radical (unpaired) electrons. The number of fused-ring (bicyclic) bond motifs is 1. The first-order valence-electron chi connectivity index (χ1n) is 5.63. The zero-order valence-electron chi connectivity index (χ0n) is 9.24. The molecule has 1 aromatic heterocycles. The second kappa shape index (κ2) is 4.04. The van der Waals surface area contributed by atoms with Gasteiger partial charge in [0, 0.05) is 29.1 Å². The number of anilines is 1. The summed E-state index contributed by atoms with van der Waals surface area (Å²) in [5, 5.41) is 8.61. The summed E-state index contributed by atoms with van der Waals surface area (Å²) >= 11 is 6.08. The number of H-pyrrole nitrogens is 1. The molecule has 0 atom stereocenters. The molecular weight excluding hydrogens is 238 g/mol. The van der Waals surface area contributed by atoms with Crippen molar-refractivity contribution in [3.05, 3.63) is 23.4 Å². The molecule has 0 amide bonds. The summed E-state index contributed by atoms with van der Waals surface area (Å²) in [4.78, 5) is 13.6. The van der Waals surface area contributed by atoms with Gasteiger partial charge >= 0.3 is 0 Å². The Hall–Kier alpha value is -1.55. The number of piperidine rings is 1. The van der Waals surface area contributed by atoms with E-state index in [0.717, 1.165) is 29.6 Å². The highest BCUT2D eigenvalue weighted by molar-refractivity contribution is 6.31. The normalized spacial score (nSPS) is 16.8. The fourth-order valence-electron chi connectivity index (χ4n) is 2.30. The second-order valence-corrected chi connectivity index (χ2v) is 4.76. The molecule has 1 fully saturated rings. The van der Waals surface area contributed by atoms with E-state index in [1.807, 2.05) is 12.1 Å². The minimum absolute atomic E-state index is 0.285. The molecule has 1 aromatic carbocycles. The van der Waals surface area contributed by atoms with Crippen LogP contribution in [0, 0.1) is 0 Å². The van der Waals surface area contributed by atoms with Crippen molar-refractivity contribution in [2.45, 2.75) is 12.8 Å². The van der Waals surface area contributed by atoms with Crippen LogP contribution in [-0.2, 0) is 4.79 Å². The van der Waals surface area contributed by atoms with Gasteiger partial charge in [-0.05, 0) is 18.6 Å². The number of nitrogens with one attached hydrogen (secondary N) is 1. The molecule has 2 heterocycles. The third-order valence-corrected chi connectivity index (χ3v) is 3.31. The Morgan fingerprint density at radius 1 is 1.41 bits per heavy atom. The van der Waals surface area contributed by atoms with Crippen LogP contribution in [-0.4, -0.2) is 29.1 Å². The fourth-order valence-corrected chi connectivity index (χ4v) is 2.52. The largest absolute Gasteiger partial charge is 0.364 e. The Morgan fingerprint density at radius 3 is 3.12 bits per heavy atom. The van der Waals surface area contributed by atoms with E-state index in [2.05, 4.69) is 15.1 Å². The molecule has 4 nitrogen and oxygen atoms in total. The Labute approximate surface area is 104 Å². The number of hydrogen-bond acceptors (Lipinski definition) is 3. The average molecular weight is 250 g/mol. The average Bonchev–Trinajstić information content (AvgIpc) is 2.75. The van der Waals surface area contributed by atoms with Crippen molar-refractivity contribution in [3.8, 4) is 0 Å². The van der Waals surface area contributed by atoms with Crippen LogP contribution >= 0.6 is 11.6 Å². The third-order valence-electron chi connectivity index (χ3n) is 3.09. The Balaban J connectivity index is 2.09. The van der Waals surface area contributed by atoms with E-state index in [1.54, 1.807) is 6.20 Å². The zero-order valence-corrected chi connectivity index (χ0v) is 10.00. The van der Waals surface area contributed by atoms with Crippen molar-refractivity contribution in [2.75, 3.05) is 18.0 Å². The van der Waals surface area contributed by atoms with E-state index >= 15 is 0 Å². The predicted molar refractivity (Wildman–Crippen MR) is 67.6 cm³/mol. The van der Waals surface area contributed by atoms with E-state index < -0.39 is 0 Å². The Kier molecular flexibility index (Phi) is 2.52. The molecule has 1 N–H and O–H groups in total. The minimum Gasteiger partial charge on any atom is -0.364 e. The Bertz CT molecular complexity index is 578. The maximum atomic E-state index is 11.5. The smallest absolute Gasteiger partial charge is 0.152 e. The molecule has 0 saturated carbocycles. The van der Waals surface area contributed by atoms with E-state index in [0.29, 0.717) is 18.0 Å². The molecular formula is C12H12ClN3O. The first-order valence-corrected chi connectivity index (χ1v) is 6.01. The SMILES string of the molecule is O=C1CCCN(c2cc(Cl)cc3[nH]ncc23)C1. The quantitative estimate of drug-likeness (QED) is 0.844. The monoisotopic (exact) mass is 249 g/mol. The first kappa shape index (κ1) is 10.6. The number of nitrogens with zero attached hydrogens (tertiary/aromatic N) is 2. The maximum Gasteiger partial charge on any atom is 0.152 e. The summed E-state index contributed by atoms with van der Waals surface area (Å²) in [5.41, 5.74) is 1.90. The summed E-state index contributed by atoms with van der Waals surface area (Å²) < 4.78 is 0. The molecule has 2 aromatic rings. The molecule has 17 heavy (non-hydrogen) atoms. The summed E-state index contributed by atoms with van der Waals surface area (Å²) in [6, 6.07) is 3.75. The number of hydrogen-bond donors (Lipinski definition) is 1. The zero-order chi connectivity index (χ0) is 11.8. The summed E-state index contributed by atoms with van der Waals surface area (Å²) in [6.07, 6.45) is 3.37. The van der Waals surface area contributed by atoms with Gasteiger partial charge in [0.1, 0.15) is 0 Å². The van der Waals surface area contributed by atoms with Crippen molar-refractivity contribution in [2.24, 2.45) is 0 Å². The highest BCUT2D eigenvalue weighted by Crippen LogP contribution is 2.30. The predicted octanol–water partition coefficient (Wildman–Crippen LogP) is 2.39. The number of carbonyl (C=O) groups is 1. The number of rotatable bonds is 1. The van der Waals surface area contributed by atoms with Gasteiger partial charge in [0.2, 0.25) is 0 Å². The lowest BCUT2D eigenvalue weighted by Crippen LogP contribution is -2.35. The molecule has 1 aliphatic heterocycles. The van der Waals surface area contributed by atoms with Crippen LogP contribution in [0.4, 0.5) is 5.69 Å². The van der Waals surface area contributed by atoms with Crippen LogP contribution in [0.5, 0.6) is 0 Å². The van der Waals surface area contributed by atoms with Crippen LogP contribution in [0.25, 0.3) is 10.9 Å². The van der Waals surface area contributed by atoms with E-state index in [9.17, 15) is 4.79 Å². The van der Waals surface area contributed by atoms with Gasteiger partial charge in [-0.25, -0.2) is 0 Å². The molecule has 3 rings (SSSR count). The maximum absolute atomic E-state index is 11.5. The van der Waals surface area contributed by atoms with Gasteiger partial charge in [0.25, 0.3) is 0 Å². The topological polar surface area (TPSA) is 49.0 Å². The number of aromatic nitrogens is 2. The molecule has 1 saturated heterocycles. The number of Topliss-reactive ketones (excluding diaryl/α,β-unsaturated/α-hetero) is 1. The lowest BCUT2D eigenvalue weighted by atomic mass is 10.1. The van der Waals surface area contributed by atoms with Crippen LogP contribution in [0.2, 0.25) is 5.02 Å². The van der Waals surface area contributed by atoms with Gasteiger partial charge in [0.15, 0.2) is 5.78 Å². The van der Waals surface area contributed by atoms with Crippen LogP contribution in [0.3, 0.4) is 0 Å². The van der Waals surface area contributed by atoms with E-state index in [4.69, 9.17) is 11.6 Å². The Morgan fingerprint density at radius 2 is 2.29 bits per heavy atom. The van der Waals surface area contributed by atoms with Crippen molar-refractivity contribution in [3.63, 3.8) is 0 Å². The molecule has 88 valence electrons. The van der Waals surface area contributed by atoms with Crippen molar-refractivity contribution >= 4 is 34.0 Å². The minimum atomic E-state index is 0.285. The molecule has 0 bridgehead atoms. The highest BCUT2D eigenvalue weighted by Gasteiger charge is 2.19. The summed E-state index contributed by atoms with van der Waals surface area (Å²) in [5.74, 6) is 0.285. The lowest BCUT2D eigenvalue weighted by Gasteiger charge is -2.28. The van der Waals surface area contributed by atoms with E-state index in [1.165, 1.54) is 0 Å². The number of halogens is 1. The van der Waals surface area contributed by atoms with Gasteiger partial charge in [-0.1, -0.05) is 11.6 Å². The molecule has 0 spiro atoms. The second-order valence-electron chi connectivity index (χ2n) is 4.32. The third kappa shape index (κ3) is 1.89. The van der Waals surface area contributed by atoms with Gasteiger partial charge in [0.05, 0.1) is 18.3 Å².